The summed E-state index contributed by atoms with van der Waals surface area (Å²) in [5, 5.41) is 10.1. The lowest BCUT2D eigenvalue weighted by Crippen LogP contribution is -2.14. The van der Waals surface area contributed by atoms with Gasteiger partial charge in [0.05, 0.1) is 24.4 Å². The Morgan fingerprint density at radius 2 is 1.50 bits per heavy atom. The van der Waals surface area contributed by atoms with Crippen molar-refractivity contribution in [2.75, 3.05) is 17.2 Å². The molecule has 0 radical (unpaired) electrons. The van der Waals surface area contributed by atoms with E-state index in [0.29, 0.717) is 35.2 Å². The zero-order chi connectivity index (χ0) is 22.3. The smallest absolute Gasteiger partial charge is 0.258 e. The van der Waals surface area contributed by atoms with Crippen molar-refractivity contribution in [3.8, 4) is 5.75 Å². The van der Waals surface area contributed by atoms with Gasteiger partial charge in [-0.3, -0.25) is 14.3 Å². The molecule has 7 heteroatoms. The summed E-state index contributed by atoms with van der Waals surface area (Å²) in [6.45, 7) is 2.52. The molecule has 166 valence electrons. The van der Waals surface area contributed by atoms with Gasteiger partial charge in [-0.05, 0) is 68.3 Å². The van der Waals surface area contributed by atoms with Gasteiger partial charge in [-0.2, -0.15) is 5.10 Å². The fourth-order valence-corrected chi connectivity index (χ4v) is 3.91. The Labute approximate surface area is 187 Å². The van der Waals surface area contributed by atoms with Crippen LogP contribution in [-0.4, -0.2) is 28.2 Å². The normalized spacial score (nSPS) is 14.0. The summed E-state index contributed by atoms with van der Waals surface area (Å²) < 4.78 is 7.33. The molecule has 0 saturated heterocycles. The maximum atomic E-state index is 12.6. The third kappa shape index (κ3) is 5.35. The Kier molecular flexibility index (Phi) is 6.84. The van der Waals surface area contributed by atoms with Gasteiger partial charge in [0.2, 0.25) is 0 Å². The van der Waals surface area contributed by atoms with Crippen LogP contribution >= 0.6 is 0 Å². The number of carbonyl (C=O) groups is 2. The first-order valence-electron chi connectivity index (χ1n) is 11.1. The molecule has 2 amide bonds. The second kappa shape index (κ2) is 10.1. The van der Waals surface area contributed by atoms with Gasteiger partial charge < -0.3 is 15.4 Å². The molecule has 0 spiro atoms. The van der Waals surface area contributed by atoms with Crippen molar-refractivity contribution in [2.45, 2.75) is 45.1 Å². The zero-order valence-corrected chi connectivity index (χ0v) is 18.2. The van der Waals surface area contributed by atoms with Crippen molar-refractivity contribution >= 4 is 23.2 Å². The molecule has 1 saturated carbocycles. The SMILES string of the molecule is CCOc1ccc(NC(=O)c2ccc(NC(=O)c3cnn(C4CCCCC4)c3)cc2)cc1. The molecule has 0 atom stereocenters. The van der Waals surface area contributed by atoms with Crippen molar-refractivity contribution in [1.29, 1.82) is 0 Å². The van der Waals surface area contributed by atoms with Gasteiger partial charge in [0, 0.05) is 23.1 Å². The maximum Gasteiger partial charge on any atom is 0.258 e. The number of ether oxygens (including phenoxy) is 1. The van der Waals surface area contributed by atoms with Crippen molar-refractivity contribution in [2.24, 2.45) is 0 Å². The van der Waals surface area contributed by atoms with Crippen LogP contribution in [0.4, 0.5) is 11.4 Å². The Morgan fingerprint density at radius 3 is 2.12 bits per heavy atom. The first kappa shape index (κ1) is 21.6. The molecular formula is C25H28N4O3. The highest BCUT2D eigenvalue weighted by atomic mass is 16.5. The number of hydrogen-bond donors (Lipinski definition) is 2. The van der Waals surface area contributed by atoms with Gasteiger partial charge in [0.25, 0.3) is 11.8 Å². The van der Waals surface area contributed by atoms with E-state index in [-0.39, 0.29) is 11.8 Å². The molecular weight excluding hydrogens is 404 g/mol. The summed E-state index contributed by atoms with van der Waals surface area (Å²) in [6.07, 6.45) is 9.37. The second-order valence-electron chi connectivity index (χ2n) is 7.94. The fraction of sp³-hybridized carbons (Fsp3) is 0.320. The Hall–Kier alpha value is -3.61. The van der Waals surface area contributed by atoms with E-state index in [2.05, 4.69) is 15.7 Å². The predicted molar refractivity (Wildman–Crippen MR) is 124 cm³/mol. The minimum atomic E-state index is -0.221. The molecule has 4 rings (SSSR count). The van der Waals surface area contributed by atoms with Crippen molar-refractivity contribution in [3.05, 3.63) is 72.1 Å². The molecule has 1 aliphatic rings. The van der Waals surface area contributed by atoms with E-state index in [1.54, 1.807) is 42.6 Å². The van der Waals surface area contributed by atoms with Crippen LogP contribution < -0.4 is 15.4 Å². The van der Waals surface area contributed by atoms with E-state index in [1.807, 2.05) is 29.9 Å². The minimum absolute atomic E-state index is 0.210. The van der Waals surface area contributed by atoms with E-state index >= 15 is 0 Å². The Morgan fingerprint density at radius 1 is 0.906 bits per heavy atom. The molecule has 32 heavy (non-hydrogen) atoms. The fourth-order valence-electron chi connectivity index (χ4n) is 3.91. The lowest BCUT2D eigenvalue weighted by Gasteiger charge is -2.21. The van der Waals surface area contributed by atoms with Crippen LogP contribution in [0.15, 0.2) is 60.9 Å². The molecule has 1 heterocycles. The summed E-state index contributed by atoms with van der Waals surface area (Å²) in [4.78, 5) is 25.1. The van der Waals surface area contributed by atoms with Crippen molar-refractivity contribution < 1.29 is 14.3 Å². The van der Waals surface area contributed by atoms with Crippen LogP contribution in [0.3, 0.4) is 0 Å². The standard InChI is InChI=1S/C25H28N4O3/c1-2-32-23-14-12-21(13-15-23)27-24(30)18-8-10-20(11-9-18)28-25(31)19-16-26-29(17-19)22-6-4-3-5-7-22/h8-17,22H,2-7H2,1H3,(H,27,30)(H,28,31). The zero-order valence-electron chi connectivity index (χ0n) is 18.2. The third-order valence-corrected chi connectivity index (χ3v) is 5.64. The number of rotatable bonds is 7. The van der Waals surface area contributed by atoms with Crippen LogP contribution in [0.2, 0.25) is 0 Å². The quantitative estimate of drug-likeness (QED) is 0.531. The maximum absolute atomic E-state index is 12.6. The van der Waals surface area contributed by atoms with Crippen LogP contribution in [0.1, 0.15) is 65.8 Å². The topological polar surface area (TPSA) is 85.2 Å². The molecule has 2 N–H and O–H groups in total. The highest BCUT2D eigenvalue weighted by Gasteiger charge is 2.18. The van der Waals surface area contributed by atoms with E-state index < -0.39 is 0 Å². The second-order valence-corrected chi connectivity index (χ2v) is 7.94. The van der Waals surface area contributed by atoms with Gasteiger partial charge >= 0.3 is 0 Å². The molecule has 2 aromatic carbocycles. The first-order valence-corrected chi connectivity index (χ1v) is 11.1. The van der Waals surface area contributed by atoms with Crippen LogP contribution in [0, 0.1) is 0 Å². The number of benzene rings is 2. The molecule has 1 aliphatic carbocycles. The number of amides is 2. The largest absolute Gasteiger partial charge is 0.494 e. The molecule has 0 unspecified atom stereocenters. The van der Waals surface area contributed by atoms with Gasteiger partial charge in [-0.1, -0.05) is 19.3 Å². The summed E-state index contributed by atoms with van der Waals surface area (Å²) in [6, 6.07) is 14.4. The molecule has 0 bridgehead atoms. The Balaban J connectivity index is 1.33. The van der Waals surface area contributed by atoms with E-state index in [1.165, 1.54) is 19.3 Å². The van der Waals surface area contributed by atoms with Crippen molar-refractivity contribution in [1.82, 2.24) is 9.78 Å². The lowest BCUT2D eigenvalue weighted by molar-refractivity contribution is 0.101. The van der Waals surface area contributed by atoms with Crippen LogP contribution in [0.5, 0.6) is 5.75 Å². The molecule has 1 fully saturated rings. The number of nitrogens with zero attached hydrogens (tertiary/aromatic N) is 2. The number of carbonyl (C=O) groups excluding carboxylic acids is 2. The summed E-state index contributed by atoms with van der Waals surface area (Å²) in [5.74, 6) is 0.328. The number of aromatic nitrogens is 2. The minimum Gasteiger partial charge on any atom is -0.494 e. The van der Waals surface area contributed by atoms with E-state index in [0.717, 1.165) is 18.6 Å². The highest BCUT2D eigenvalue weighted by molar-refractivity contribution is 6.06. The molecule has 0 aliphatic heterocycles. The average molecular weight is 433 g/mol. The average Bonchev–Trinajstić information content (AvgIpc) is 3.32. The molecule has 1 aromatic heterocycles. The monoisotopic (exact) mass is 432 g/mol. The van der Waals surface area contributed by atoms with Crippen LogP contribution in [0.25, 0.3) is 0 Å². The first-order chi connectivity index (χ1) is 15.6. The summed E-state index contributed by atoms with van der Waals surface area (Å²) in [7, 11) is 0. The van der Waals surface area contributed by atoms with Crippen molar-refractivity contribution in [3.63, 3.8) is 0 Å². The van der Waals surface area contributed by atoms with Gasteiger partial charge in [0.15, 0.2) is 0 Å². The predicted octanol–water partition coefficient (Wildman–Crippen LogP) is 5.29. The summed E-state index contributed by atoms with van der Waals surface area (Å²) in [5.41, 5.74) is 2.35. The van der Waals surface area contributed by atoms with Gasteiger partial charge in [0.1, 0.15) is 5.75 Å². The highest BCUT2D eigenvalue weighted by Crippen LogP contribution is 2.27. The van der Waals surface area contributed by atoms with Crippen LogP contribution in [-0.2, 0) is 0 Å². The number of anilines is 2. The Bertz CT molecular complexity index is 1050. The van der Waals surface area contributed by atoms with E-state index in [4.69, 9.17) is 4.74 Å². The van der Waals surface area contributed by atoms with Gasteiger partial charge in [-0.25, -0.2) is 0 Å². The third-order valence-electron chi connectivity index (χ3n) is 5.64. The number of hydrogen-bond acceptors (Lipinski definition) is 4. The number of nitrogens with one attached hydrogen (secondary N) is 2. The molecule has 7 nitrogen and oxygen atoms in total. The van der Waals surface area contributed by atoms with Gasteiger partial charge in [-0.15, -0.1) is 0 Å². The van der Waals surface area contributed by atoms with E-state index in [9.17, 15) is 9.59 Å². The lowest BCUT2D eigenvalue weighted by atomic mass is 9.96. The molecule has 3 aromatic rings. The summed E-state index contributed by atoms with van der Waals surface area (Å²) >= 11 is 0.